The first-order valence-electron chi connectivity index (χ1n) is 8.07. The van der Waals surface area contributed by atoms with Crippen LogP contribution in [0.2, 0.25) is 0 Å². The zero-order valence-corrected chi connectivity index (χ0v) is 13.5. The van der Waals surface area contributed by atoms with Crippen LogP contribution in [0.1, 0.15) is 11.4 Å². The maximum Gasteiger partial charge on any atom is 0.244 e. The summed E-state index contributed by atoms with van der Waals surface area (Å²) in [5.74, 6) is 2.15. The molecule has 0 radical (unpaired) electrons. The summed E-state index contributed by atoms with van der Waals surface area (Å²) in [6, 6.07) is 13.4. The van der Waals surface area contributed by atoms with Crippen molar-refractivity contribution < 1.29 is 14.3 Å². The number of nitrogens with one attached hydrogen (secondary N) is 2. The largest absolute Gasteiger partial charge is 0.454 e. The molecule has 1 aliphatic rings. The second-order valence-corrected chi connectivity index (χ2v) is 5.69. The Labute approximate surface area is 144 Å². The van der Waals surface area contributed by atoms with Crippen molar-refractivity contribution in [2.75, 3.05) is 13.3 Å². The number of nitrogens with zero attached hydrogens (tertiary/aromatic N) is 1. The van der Waals surface area contributed by atoms with E-state index in [1.807, 2.05) is 42.5 Å². The van der Waals surface area contributed by atoms with Crippen molar-refractivity contribution in [3.63, 3.8) is 0 Å². The van der Waals surface area contributed by atoms with Crippen LogP contribution in [0.3, 0.4) is 0 Å². The van der Waals surface area contributed by atoms with E-state index < -0.39 is 0 Å². The fourth-order valence-corrected chi connectivity index (χ4v) is 2.68. The van der Waals surface area contributed by atoms with Crippen molar-refractivity contribution in [1.29, 1.82) is 0 Å². The molecule has 126 valence electrons. The van der Waals surface area contributed by atoms with Crippen LogP contribution in [0.25, 0.3) is 17.1 Å². The second-order valence-electron chi connectivity index (χ2n) is 5.69. The monoisotopic (exact) mass is 335 g/mol. The van der Waals surface area contributed by atoms with E-state index in [9.17, 15) is 4.79 Å². The minimum atomic E-state index is -0.145. The first-order chi connectivity index (χ1) is 12.3. The molecular weight excluding hydrogens is 318 g/mol. The number of carbonyl (C=O) groups is 1. The van der Waals surface area contributed by atoms with Gasteiger partial charge in [0.15, 0.2) is 11.5 Å². The van der Waals surface area contributed by atoms with E-state index in [-0.39, 0.29) is 12.7 Å². The summed E-state index contributed by atoms with van der Waals surface area (Å²) in [7, 11) is 0. The Morgan fingerprint density at radius 1 is 1.20 bits per heavy atom. The molecule has 0 unspecified atom stereocenters. The van der Waals surface area contributed by atoms with Crippen molar-refractivity contribution in [3.05, 3.63) is 59.9 Å². The zero-order chi connectivity index (χ0) is 17.1. The molecule has 0 saturated carbocycles. The number of aromatic amines is 1. The number of imidazole rings is 1. The van der Waals surface area contributed by atoms with Gasteiger partial charge in [0, 0.05) is 19.0 Å². The van der Waals surface area contributed by atoms with E-state index in [4.69, 9.17) is 9.47 Å². The van der Waals surface area contributed by atoms with Crippen molar-refractivity contribution in [2.45, 2.75) is 6.42 Å². The molecule has 1 amide bonds. The van der Waals surface area contributed by atoms with E-state index in [2.05, 4.69) is 15.3 Å². The Kier molecular flexibility index (Phi) is 4.08. The van der Waals surface area contributed by atoms with Gasteiger partial charge in [0.25, 0.3) is 0 Å². The quantitative estimate of drug-likeness (QED) is 0.703. The first kappa shape index (κ1) is 15.3. The van der Waals surface area contributed by atoms with Gasteiger partial charge in [0.2, 0.25) is 12.7 Å². The van der Waals surface area contributed by atoms with Crippen LogP contribution in [0.15, 0.2) is 48.5 Å². The Balaban J connectivity index is 1.30. The number of carbonyl (C=O) groups excluding carboxylic acids is 1. The SMILES string of the molecule is O=C(C=Cc1ccc2c(c1)OCO2)NCCc1nc2ccccc2[nH]1. The van der Waals surface area contributed by atoms with Gasteiger partial charge in [-0.3, -0.25) is 4.79 Å². The number of rotatable bonds is 5. The number of hydrogen-bond donors (Lipinski definition) is 2. The summed E-state index contributed by atoms with van der Waals surface area (Å²) in [6.07, 6.45) is 3.91. The summed E-state index contributed by atoms with van der Waals surface area (Å²) < 4.78 is 10.6. The molecule has 25 heavy (non-hydrogen) atoms. The molecule has 2 aromatic carbocycles. The van der Waals surface area contributed by atoms with E-state index in [1.165, 1.54) is 6.08 Å². The van der Waals surface area contributed by atoms with Crippen molar-refractivity contribution in [3.8, 4) is 11.5 Å². The van der Waals surface area contributed by atoms with Gasteiger partial charge >= 0.3 is 0 Å². The number of aromatic nitrogens is 2. The predicted octanol–water partition coefficient (Wildman–Crippen LogP) is 2.66. The Morgan fingerprint density at radius 2 is 2.08 bits per heavy atom. The highest BCUT2D eigenvalue weighted by molar-refractivity contribution is 5.91. The Morgan fingerprint density at radius 3 is 3.00 bits per heavy atom. The van der Waals surface area contributed by atoms with Gasteiger partial charge in [-0.25, -0.2) is 4.98 Å². The number of benzene rings is 2. The van der Waals surface area contributed by atoms with Crippen LogP contribution >= 0.6 is 0 Å². The lowest BCUT2D eigenvalue weighted by Crippen LogP contribution is -2.23. The third-order valence-corrected chi connectivity index (χ3v) is 3.92. The highest BCUT2D eigenvalue weighted by Gasteiger charge is 2.12. The Hall–Kier alpha value is -3.28. The molecule has 1 aromatic heterocycles. The van der Waals surface area contributed by atoms with Crippen molar-refractivity contribution >= 4 is 23.0 Å². The van der Waals surface area contributed by atoms with Crippen LogP contribution in [0.4, 0.5) is 0 Å². The highest BCUT2D eigenvalue weighted by Crippen LogP contribution is 2.32. The fraction of sp³-hybridized carbons (Fsp3) is 0.158. The smallest absolute Gasteiger partial charge is 0.244 e. The summed E-state index contributed by atoms with van der Waals surface area (Å²) in [5.41, 5.74) is 2.83. The fourth-order valence-electron chi connectivity index (χ4n) is 2.68. The van der Waals surface area contributed by atoms with E-state index >= 15 is 0 Å². The molecule has 2 N–H and O–H groups in total. The molecule has 6 heteroatoms. The van der Waals surface area contributed by atoms with Gasteiger partial charge in [-0.05, 0) is 35.9 Å². The molecule has 0 bridgehead atoms. The first-order valence-corrected chi connectivity index (χ1v) is 8.07. The van der Waals surface area contributed by atoms with Crippen LogP contribution in [0, 0.1) is 0 Å². The van der Waals surface area contributed by atoms with Gasteiger partial charge in [-0.1, -0.05) is 18.2 Å². The molecule has 0 saturated heterocycles. The topological polar surface area (TPSA) is 76.2 Å². The molecule has 1 aliphatic heterocycles. The number of para-hydroxylation sites is 2. The van der Waals surface area contributed by atoms with Gasteiger partial charge in [0.1, 0.15) is 5.82 Å². The molecule has 4 rings (SSSR count). The number of amides is 1. The summed E-state index contributed by atoms with van der Waals surface area (Å²) >= 11 is 0. The van der Waals surface area contributed by atoms with Gasteiger partial charge in [-0.15, -0.1) is 0 Å². The summed E-state index contributed by atoms with van der Waals surface area (Å²) in [5, 5.41) is 2.86. The summed E-state index contributed by atoms with van der Waals surface area (Å²) in [4.78, 5) is 19.7. The lowest BCUT2D eigenvalue weighted by molar-refractivity contribution is -0.116. The lowest BCUT2D eigenvalue weighted by atomic mass is 10.2. The van der Waals surface area contributed by atoms with Gasteiger partial charge < -0.3 is 19.8 Å². The van der Waals surface area contributed by atoms with Gasteiger partial charge in [-0.2, -0.15) is 0 Å². The normalized spacial score (nSPS) is 12.8. The minimum Gasteiger partial charge on any atom is -0.454 e. The van der Waals surface area contributed by atoms with Crippen LogP contribution in [-0.2, 0) is 11.2 Å². The molecule has 2 heterocycles. The highest BCUT2D eigenvalue weighted by atomic mass is 16.7. The Bertz CT molecular complexity index is 913. The van der Waals surface area contributed by atoms with Crippen molar-refractivity contribution in [1.82, 2.24) is 15.3 Å². The molecule has 3 aromatic rings. The number of H-pyrrole nitrogens is 1. The van der Waals surface area contributed by atoms with Crippen LogP contribution in [0.5, 0.6) is 11.5 Å². The van der Waals surface area contributed by atoms with Crippen molar-refractivity contribution in [2.24, 2.45) is 0 Å². The summed E-state index contributed by atoms with van der Waals surface area (Å²) in [6.45, 7) is 0.759. The van der Waals surface area contributed by atoms with Crippen LogP contribution < -0.4 is 14.8 Å². The standard InChI is InChI=1S/C19H17N3O3/c23-19(8-6-13-5-7-16-17(11-13)25-12-24-16)20-10-9-18-21-14-3-1-2-4-15(14)22-18/h1-8,11H,9-10,12H2,(H,20,23)(H,21,22). The number of ether oxygens (including phenoxy) is 2. The maximum atomic E-state index is 11.9. The average Bonchev–Trinajstić information content (AvgIpc) is 3.25. The van der Waals surface area contributed by atoms with Crippen LogP contribution in [-0.4, -0.2) is 29.2 Å². The molecule has 0 atom stereocenters. The van der Waals surface area contributed by atoms with E-state index in [0.717, 1.165) is 28.2 Å². The van der Waals surface area contributed by atoms with E-state index in [0.29, 0.717) is 18.7 Å². The average molecular weight is 335 g/mol. The molecule has 0 aliphatic carbocycles. The predicted molar refractivity (Wildman–Crippen MR) is 94.4 cm³/mol. The third-order valence-electron chi connectivity index (χ3n) is 3.92. The zero-order valence-electron chi connectivity index (χ0n) is 13.5. The minimum absolute atomic E-state index is 0.145. The molecule has 0 fully saturated rings. The number of fused-ring (bicyclic) bond motifs is 2. The third kappa shape index (κ3) is 3.47. The molecule has 6 nitrogen and oxygen atoms in total. The van der Waals surface area contributed by atoms with E-state index in [1.54, 1.807) is 6.08 Å². The molecular formula is C19H17N3O3. The lowest BCUT2D eigenvalue weighted by Gasteiger charge is -2.00. The molecule has 0 spiro atoms. The number of hydrogen-bond acceptors (Lipinski definition) is 4. The maximum absolute atomic E-state index is 11.9. The van der Waals surface area contributed by atoms with Gasteiger partial charge in [0.05, 0.1) is 11.0 Å². The second kappa shape index (κ2) is 6.68.